The third-order valence-corrected chi connectivity index (χ3v) is 5.02. The molecule has 0 spiro atoms. The van der Waals surface area contributed by atoms with Gasteiger partial charge in [0.2, 0.25) is 0 Å². The molecule has 2 aliphatic heterocycles. The SMILES string of the molecule is CCCN1CCC(NC(=NC)NCC2CCN(CC(F)(F)F)C2)CC1. The minimum absolute atomic E-state index is 0.243. The van der Waals surface area contributed by atoms with Gasteiger partial charge in [0.25, 0.3) is 0 Å². The van der Waals surface area contributed by atoms with Crippen LogP contribution in [0.1, 0.15) is 32.6 Å². The summed E-state index contributed by atoms with van der Waals surface area (Å²) in [5.41, 5.74) is 0. The molecule has 0 aliphatic carbocycles. The normalized spacial score (nSPS) is 24.7. The number of hydrogen-bond donors (Lipinski definition) is 2. The number of nitrogens with one attached hydrogen (secondary N) is 2. The van der Waals surface area contributed by atoms with E-state index in [1.165, 1.54) is 11.3 Å². The number of likely N-dealkylation sites (tertiary alicyclic amines) is 2. The predicted octanol–water partition coefficient (Wildman–Crippen LogP) is 1.91. The standard InChI is InChI=1S/C17H32F3N5/c1-3-7-24-9-5-15(6-10-24)23-16(21-2)22-11-14-4-8-25(12-14)13-17(18,19)20/h14-15H,3-13H2,1-2H3,(H2,21,22,23). The van der Waals surface area contributed by atoms with Gasteiger partial charge >= 0.3 is 6.18 Å². The van der Waals surface area contributed by atoms with Crippen LogP contribution in [0.4, 0.5) is 13.2 Å². The largest absolute Gasteiger partial charge is 0.401 e. The van der Waals surface area contributed by atoms with E-state index in [0.29, 0.717) is 25.7 Å². The molecule has 1 atom stereocenters. The van der Waals surface area contributed by atoms with Crippen molar-refractivity contribution in [1.29, 1.82) is 0 Å². The Bertz CT molecular complexity index is 419. The summed E-state index contributed by atoms with van der Waals surface area (Å²) >= 11 is 0. The molecule has 5 nitrogen and oxygen atoms in total. The van der Waals surface area contributed by atoms with Crippen LogP contribution >= 0.6 is 0 Å². The van der Waals surface area contributed by atoms with Crippen LogP contribution in [0.5, 0.6) is 0 Å². The second kappa shape index (κ2) is 9.62. The van der Waals surface area contributed by atoms with Crippen LogP contribution in [0.25, 0.3) is 0 Å². The fourth-order valence-corrected chi connectivity index (χ4v) is 3.72. The molecule has 146 valence electrons. The van der Waals surface area contributed by atoms with E-state index >= 15 is 0 Å². The molecule has 0 aromatic carbocycles. The Hall–Kier alpha value is -1.02. The molecule has 0 saturated carbocycles. The Labute approximate surface area is 149 Å². The van der Waals surface area contributed by atoms with Crippen molar-refractivity contribution in [3.63, 3.8) is 0 Å². The molecule has 2 saturated heterocycles. The molecule has 0 radical (unpaired) electrons. The number of alkyl halides is 3. The highest BCUT2D eigenvalue weighted by Gasteiger charge is 2.34. The summed E-state index contributed by atoms with van der Waals surface area (Å²) in [6.07, 6.45) is 0.0864. The van der Waals surface area contributed by atoms with Crippen LogP contribution in [0, 0.1) is 5.92 Å². The minimum atomic E-state index is -4.10. The van der Waals surface area contributed by atoms with E-state index in [0.717, 1.165) is 44.9 Å². The molecule has 8 heteroatoms. The first-order chi connectivity index (χ1) is 11.9. The third kappa shape index (κ3) is 7.40. The third-order valence-electron chi connectivity index (χ3n) is 5.02. The number of halogens is 3. The lowest BCUT2D eigenvalue weighted by molar-refractivity contribution is -0.143. The zero-order chi connectivity index (χ0) is 18.3. The minimum Gasteiger partial charge on any atom is -0.356 e. The van der Waals surface area contributed by atoms with Gasteiger partial charge in [0.1, 0.15) is 0 Å². The van der Waals surface area contributed by atoms with E-state index in [1.54, 1.807) is 7.05 Å². The number of hydrogen-bond acceptors (Lipinski definition) is 3. The molecule has 1 unspecified atom stereocenters. The van der Waals surface area contributed by atoms with Crippen LogP contribution in [-0.4, -0.2) is 80.8 Å². The molecule has 0 amide bonds. The fourth-order valence-electron chi connectivity index (χ4n) is 3.72. The van der Waals surface area contributed by atoms with Gasteiger partial charge in [-0.15, -0.1) is 0 Å². The molecule has 2 fully saturated rings. The van der Waals surface area contributed by atoms with Crippen LogP contribution in [0.2, 0.25) is 0 Å². The van der Waals surface area contributed by atoms with Crippen molar-refractivity contribution in [1.82, 2.24) is 20.4 Å². The maximum absolute atomic E-state index is 12.4. The lowest BCUT2D eigenvalue weighted by atomic mass is 10.1. The van der Waals surface area contributed by atoms with Gasteiger partial charge in [-0.05, 0) is 44.7 Å². The molecular formula is C17H32F3N5. The molecule has 0 aromatic rings. The van der Waals surface area contributed by atoms with Gasteiger partial charge in [0.05, 0.1) is 6.54 Å². The number of aliphatic imine (C=N–C) groups is 1. The van der Waals surface area contributed by atoms with Crippen molar-refractivity contribution in [3.05, 3.63) is 0 Å². The van der Waals surface area contributed by atoms with Gasteiger partial charge in [0, 0.05) is 39.3 Å². The maximum Gasteiger partial charge on any atom is 0.401 e. The zero-order valence-electron chi connectivity index (χ0n) is 15.4. The predicted molar refractivity (Wildman–Crippen MR) is 94.9 cm³/mol. The summed E-state index contributed by atoms with van der Waals surface area (Å²) in [6.45, 7) is 6.47. The Morgan fingerprint density at radius 1 is 1.12 bits per heavy atom. The van der Waals surface area contributed by atoms with Gasteiger partial charge in [-0.1, -0.05) is 6.92 Å². The Balaban J connectivity index is 1.66. The Morgan fingerprint density at radius 2 is 1.80 bits per heavy atom. The summed E-state index contributed by atoms with van der Waals surface area (Å²) < 4.78 is 37.3. The van der Waals surface area contributed by atoms with Crippen LogP contribution in [-0.2, 0) is 0 Å². The lowest BCUT2D eigenvalue weighted by Crippen LogP contribution is -2.49. The van der Waals surface area contributed by atoms with Crippen molar-refractivity contribution < 1.29 is 13.2 Å². The number of guanidine groups is 1. The van der Waals surface area contributed by atoms with Crippen LogP contribution in [0.15, 0.2) is 4.99 Å². The van der Waals surface area contributed by atoms with Crippen molar-refractivity contribution in [3.8, 4) is 0 Å². The van der Waals surface area contributed by atoms with Gasteiger partial charge < -0.3 is 15.5 Å². The van der Waals surface area contributed by atoms with Crippen molar-refractivity contribution >= 4 is 5.96 Å². The van der Waals surface area contributed by atoms with Gasteiger partial charge in [-0.25, -0.2) is 0 Å². The van der Waals surface area contributed by atoms with E-state index in [1.807, 2.05) is 0 Å². The second-order valence-electron chi connectivity index (χ2n) is 7.22. The van der Waals surface area contributed by atoms with Crippen LogP contribution in [0.3, 0.4) is 0 Å². The molecule has 0 aromatic heterocycles. The molecular weight excluding hydrogens is 331 g/mol. The zero-order valence-corrected chi connectivity index (χ0v) is 15.4. The molecule has 2 N–H and O–H groups in total. The summed E-state index contributed by atoms with van der Waals surface area (Å²) in [5, 5.41) is 6.76. The maximum atomic E-state index is 12.4. The van der Waals surface area contributed by atoms with E-state index in [4.69, 9.17) is 0 Å². The molecule has 2 rings (SSSR count). The highest BCUT2D eigenvalue weighted by atomic mass is 19.4. The fraction of sp³-hybridized carbons (Fsp3) is 0.941. The number of nitrogens with zero attached hydrogens (tertiary/aromatic N) is 3. The van der Waals surface area contributed by atoms with E-state index in [-0.39, 0.29) is 5.92 Å². The Kier molecular flexibility index (Phi) is 7.81. The smallest absolute Gasteiger partial charge is 0.356 e. The van der Waals surface area contributed by atoms with Gasteiger partial charge in [-0.3, -0.25) is 9.89 Å². The monoisotopic (exact) mass is 363 g/mol. The van der Waals surface area contributed by atoms with Gasteiger partial charge in [0.15, 0.2) is 5.96 Å². The average molecular weight is 363 g/mol. The first-order valence-electron chi connectivity index (χ1n) is 9.38. The lowest BCUT2D eigenvalue weighted by Gasteiger charge is -2.33. The summed E-state index contributed by atoms with van der Waals surface area (Å²) in [7, 11) is 1.74. The molecule has 2 heterocycles. The first-order valence-corrected chi connectivity index (χ1v) is 9.38. The Morgan fingerprint density at radius 3 is 2.40 bits per heavy atom. The first kappa shape index (κ1) is 20.3. The molecule has 2 aliphatic rings. The average Bonchev–Trinajstić information content (AvgIpc) is 2.98. The summed E-state index contributed by atoms with van der Waals surface area (Å²) in [5.74, 6) is 1.01. The van der Waals surface area contributed by atoms with E-state index in [2.05, 4.69) is 27.4 Å². The van der Waals surface area contributed by atoms with Gasteiger partial charge in [-0.2, -0.15) is 13.2 Å². The summed E-state index contributed by atoms with van der Waals surface area (Å²) in [4.78, 5) is 8.24. The summed E-state index contributed by atoms with van der Waals surface area (Å²) in [6, 6.07) is 0.421. The van der Waals surface area contributed by atoms with E-state index < -0.39 is 12.7 Å². The van der Waals surface area contributed by atoms with E-state index in [9.17, 15) is 13.2 Å². The molecule has 0 bridgehead atoms. The number of piperidine rings is 1. The topological polar surface area (TPSA) is 42.9 Å². The van der Waals surface area contributed by atoms with Crippen molar-refractivity contribution in [2.24, 2.45) is 10.9 Å². The van der Waals surface area contributed by atoms with Crippen LogP contribution < -0.4 is 10.6 Å². The van der Waals surface area contributed by atoms with Crippen molar-refractivity contribution in [2.45, 2.75) is 44.8 Å². The number of rotatable bonds is 6. The highest BCUT2D eigenvalue weighted by molar-refractivity contribution is 5.79. The van der Waals surface area contributed by atoms with Crippen molar-refractivity contribution in [2.75, 3.05) is 52.9 Å². The second-order valence-corrected chi connectivity index (χ2v) is 7.22. The molecule has 25 heavy (non-hydrogen) atoms. The quantitative estimate of drug-likeness (QED) is 0.559. The highest BCUT2D eigenvalue weighted by Crippen LogP contribution is 2.22.